The quantitative estimate of drug-likeness (QED) is 0.806. The van der Waals surface area contributed by atoms with Crippen LogP contribution in [0.3, 0.4) is 0 Å². The van der Waals surface area contributed by atoms with Crippen LogP contribution in [0.1, 0.15) is 38.9 Å². The lowest BCUT2D eigenvalue weighted by Gasteiger charge is -2.24. The van der Waals surface area contributed by atoms with E-state index in [0.29, 0.717) is 12.1 Å². The molecule has 1 N–H and O–H groups in total. The molecule has 1 saturated heterocycles. The maximum absolute atomic E-state index is 5.39. The Kier molecular flexibility index (Phi) is 5.26. The molecule has 0 radical (unpaired) electrons. The predicted octanol–water partition coefficient (Wildman–Crippen LogP) is 2.67. The Morgan fingerprint density at radius 3 is 3.17 bits per heavy atom. The summed E-state index contributed by atoms with van der Waals surface area (Å²) >= 11 is 0. The van der Waals surface area contributed by atoms with E-state index in [1.807, 2.05) is 6.07 Å². The first kappa shape index (κ1) is 13.6. The smallest absolute Gasteiger partial charge is 0.103 e. The molecular formula is C15H26N2O. The first-order valence-corrected chi connectivity index (χ1v) is 7.29. The highest BCUT2D eigenvalue weighted by atomic mass is 16.3. The van der Waals surface area contributed by atoms with Crippen molar-refractivity contribution < 1.29 is 4.42 Å². The first-order valence-electron chi connectivity index (χ1n) is 7.29. The van der Waals surface area contributed by atoms with E-state index in [2.05, 4.69) is 30.1 Å². The molecule has 1 fully saturated rings. The number of nitrogens with one attached hydrogen (secondary N) is 1. The van der Waals surface area contributed by atoms with Gasteiger partial charge in [-0.05, 0) is 44.9 Å². The molecule has 1 aliphatic heterocycles. The molecule has 1 aromatic heterocycles. The summed E-state index contributed by atoms with van der Waals surface area (Å²) in [5.74, 6) is 1.11. The summed E-state index contributed by atoms with van der Waals surface area (Å²) in [5, 5.41) is 3.63. The number of aryl methyl sites for hydroxylation is 1. The van der Waals surface area contributed by atoms with E-state index in [-0.39, 0.29) is 0 Å². The van der Waals surface area contributed by atoms with Crippen molar-refractivity contribution in [3.05, 3.63) is 24.2 Å². The number of hydrogen-bond acceptors (Lipinski definition) is 3. The molecule has 102 valence electrons. The average molecular weight is 250 g/mol. The Labute approximate surface area is 111 Å². The van der Waals surface area contributed by atoms with Crippen LogP contribution in [-0.2, 0) is 6.42 Å². The number of likely N-dealkylation sites (tertiary alicyclic amines) is 1. The van der Waals surface area contributed by atoms with Gasteiger partial charge in [-0.15, -0.1) is 0 Å². The fourth-order valence-corrected chi connectivity index (χ4v) is 2.69. The molecule has 1 aromatic rings. The molecule has 2 atom stereocenters. The molecule has 2 rings (SSSR count). The zero-order valence-electron chi connectivity index (χ0n) is 11.7. The van der Waals surface area contributed by atoms with E-state index in [9.17, 15) is 0 Å². The van der Waals surface area contributed by atoms with Crippen LogP contribution < -0.4 is 5.32 Å². The van der Waals surface area contributed by atoms with Gasteiger partial charge in [-0.1, -0.05) is 6.92 Å². The second-order valence-electron chi connectivity index (χ2n) is 5.40. The van der Waals surface area contributed by atoms with Gasteiger partial charge in [-0.3, -0.25) is 4.90 Å². The van der Waals surface area contributed by atoms with Gasteiger partial charge < -0.3 is 9.73 Å². The van der Waals surface area contributed by atoms with E-state index in [1.165, 1.54) is 32.4 Å². The third-order valence-corrected chi connectivity index (χ3v) is 3.91. The van der Waals surface area contributed by atoms with Crippen LogP contribution in [-0.4, -0.2) is 36.6 Å². The van der Waals surface area contributed by atoms with Gasteiger partial charge in [-0.2, -0.15) is 0 Å². The Balaban J connectivity index is 1.68. The van der Waals surface area contributed by atoms with Crippen molar-refractivity contribution in [3.63, 3.8) is 0 Å². The highest BCUT2D eigenvalue weighted by Gasteiger charge is 2.25. The van der Waals surface area contributed by atoms with Crippen LogP contribution in [0.5, 0.6) is 0 Å². The highest BCUT2D eigenvalue weighted by Crippen LogP contribution is 2.16. The van der Waals surface area contributed by atoms with Crippen LogP contribution in [0.25, 0.3) is 0 Å². The predicted molar refractivity (Wildman–Crippen MR) is 74.8 cm³/mol. The van der Waals surface area contributed by atoms with Crippen LogP contribution >= 0.6 is 0 Å². The van der Waals surface area contributed by atoms with Crippen molar-refractivity contribution in [1.29, 1.82) is 0 Å². The molecule has 3 nitrogen and oxygen atoms in total. The van der Waals surface area contributed by atoms with E-state index in [4.69, 9.17) is 4.42 Å². The van der Waals surface area contributed by atoms with Gasteiger partial charge in [0.25, 0.3) is 0 Å². The van der Waals surface area contributed by atoms with Crippen molar-refractivity contribution in [2.45, 2.75) is 51.6 Å². The molecule has 0 aromatic carbocycles. The second-order valence-corrected chi connectivity index (χ2v) is 5.40. The van der Waals surface area contributed by atoms with Gasteiger partial charge in [0, 0.05) is 31.6 Å². The Morgan fingerprint density at radius 1 is 1.56 bits per heavy atom. The van der Waals surface area contributed by atoms with Crippen molar-refractivity contribution in [2.24, 2.45) is 0 Å². The third kappa shape index (κ3) is 3.85. The maximum Gasteiger partial charge on any atom is 0.103 e. The van der Waals surface area contributed by atoms with Gasteiger partial charge in [0.15, 0.2) is 0 Å². The minimum absolute atomic E-state index is 0.656. The zero-order valence-corrected chi connectivity index (χ0v) is 11.7. The van der Waals surface area contributed by atoms with Crippen molar-refractivity contribution in [2.75, 3.05) is 19.6 Å². The number of rotatable bonds is 7. The Bertz CT molecular complexity index is 323. The van der Waals surface area contributed by atoms with Crippen molar-refractivity contribution >= 4 is 0 Å². The lowest BCUT2D eigenvalue weighted by molar-refractivity contribution is 0.238. The van der Waals surface area contributed by atoms with Crippen LogP contribution in [0.4, 0.5) is 0 Å². The van der Waals surface area contributed by atoms with Gasteiger partial charge in [0.2, 0.25) is 0 Å². The van der Waals surface area contributed by atoms with E-state index in [1.54, 1.807) is 6.26 Å². The van der Waals surface area contributed by atoms with Crippen LogP contribution in [0.15, 0.2) is 22.8 Å². The van der Waals surface area contributed by atoms with Gasteiger partial charge in [0.05, 0.1) is 6.26 Å². The van der Waals surface area contributed by atoms with Crippen LogP contribution in [0, 0.1) is 0 Å². The fourth-order valence-electron chi connectivity index (χ4n) is 2.69. The van der Waals surface area contributed by atoms with E-state index < -0.39 is 0 Å². The highest BCUT2D eigenvalue weighted by molar-refractivity contribution is 4.98. The molecule has 1 aliphatic rings. The minimum Gasteiger partial charge on any atom is -0.469 e. The van der Waals surface area contributed by atoms with Crippen molar-refractivity contribution in [1.82, 2.24) is 10.2 Å². The average Bonchev–Trinajstić information content (AvgIpc) is 3.04. The maximum atomic E-state index is 5.39. The summed E-state index contributed by atoms with van der Waals surface area (Å²) < 4.78 is 5.39. The lowest BCUT2D eigenvalue weighted by Crippen LogP contribution is -2.36. The number of hydrogen-bond donors (Lipinski definition) is 1. The molecular weight excluding hydrogens is 224 g/mol. The molecule has 0 saturated carbocycles. The third-order valence-electron chi connectivity index (χ3n) is 3.91. The molecule has 0 bridgehead atoms. The minimum atomic E-state index is 0.656. The first-order chi connectivity index (χ1) is 8.79. The molecule has 2 unspecified atom stereocenters. The molecule has 0 aliphatic carbocycles. The normalized spacial score (nSPS) is 22.4. The molecule has 18 heavy (non-hydrogen) atoms. The molecule has 2 heterocycles. The SMILES string of the molecule is CCCNC1CCN(C(C)CCc2ccco2)C1. The largest absolute Gasteiger partial charge is 0.469 e. The fraction of sp³-hybridized carbons (Fsp3) is 0.733. The monoisotopic (exact) mass is 250 g/mol. The topological polar surface area (TPSA) is 28.4 Å². The second kappa shape index (κ2) is 6.95. The summed E-state index contributed by atoms with van der Waals surface area (Å²) in [6.07, 6.45) is 6.53. The Morgan fingerprint density at radius 2 is 2.44 bits per heavy atom. The summed E-state index contributed by atoms with van der Waals surface area (Å²) in [6.45, 7) is 8.16. The standard InChI is InChI=1S/C15H26N2O/c1-3-9-16-14-8-10-17(12-14)13(2)6-7-15-5-4-11-18-15/h4-5,11,13-14,16H,3,6-10,12H2,1-2H3. The Hall–Kier alpha value is -0.800. The van der Waals surface area contributed by atoms with E-state index in [0.717, 1.165) is 18.7 Å². The van der Waals surface area contributed by atoms with Gasteiger partial charge >= 0.3 is 0 Å². The molecule has 0 spiro atoms. The molecule has 3 heteroatoms. The van der Waals surface area contributed by atoms with Crippen molar-refractivity contribution in [3.8, 4) is 0 Å². The summed E-state index contributed by atoms with van der Waals surface area (Å²) in [5.41, 5.74) is 0. The number of furan rings is 1. The van der Waals surface area contributed by atoms with E-state index >= 15 is 0 Å². The summed E-state index contributed by atoms with van der Waals surface area (Å²) in [7, 11) is 0. The summed E-state index contributed by atoms with van der Waals surface area (Å²) in [6, 6.07) is 5.41. The zero-order chi connectivity index (χ0) is 12.8. The lowest BCUT2D eigenvalue weighted by atomic mass is 10.1. The van der Waals surface area contributed by atoms with Crippen LogP contribution in [0.2, 0.25) is 0 Å². The van der Waals surface area contributed by atoms with Gasteiger partial charge in [-0.25, -0.2) is 0 Å². The number of nitrogens with zero attached hydrogens (tertiary/aromatic N) is 1. The summed E-state index contributed by atoms with van der Waals surface area (Å²) in [4.78, 5) is 2.61. The molecule has 0 amide bonds. The van der Waals surface area contributed by atoms with Gasteiger partial charge in [0.1, 0.15) is 5.76 Å².